The number of hydrogen-bond acceptors (Lipinski definition) is 3. The molecule has 1 heterocycles. The number of aromatic nitrogens is 2. The van der Waals surface area contributed by atoms with E-state index in [9.17, 15) is 4.79 Å². The smallest absolute Gasteiger partial charge is 0.246 e. The number of aryl methyl sites for hydroxylation is 1. The number of anilines is 2. The Morgan fingerprint density at radius 2 is 2.21 bits per heavy atom. The average Bonchev–Trinajstić information content (AvgIpc) is 2.57. The molecule has 2 aromatic rings. The lowest BCUT2D eigenvalue weighted by Crippen LogP contribution is -2.20. The normalized spacial score (nSPS) is 10.5. The fraction of sp³-hybridized carbons (Fsp3) is 0.231. The van der Waals surface area contributed by atoms with Crippen LogP contribution < -0.4 is 11.1 Å². The van der Waals surface area contributed by atoms with Crippen molar-refractivity contribution in [2.24, 2.45) is 0 Å². The quantitative estimate of drug-likeness (QED) is 0.815. The van der Waals surface area contributed by atoms with Gasteiger partial charge < -0.3 is 11.1 Å². The summed E-state index contributed by atoms with van der Waals surface area (Å²) in [5.41, 5.74) is 8.82. The van der Waals surface area contributed by atoms with E-state index >= 15 is 0 Å². The number of halogens is 1. The summed E-state index contributed by atoms with van der Waals surface area (Å²) < 4.78 is 2.69. The van der Waals surface area contributed by atoms with Crippen molar-refractivity contribution in [3.05, 3.63) is 39.2 Å². The van der Waals surface area contributed by atoms with Crippen LogP contribution >= 0.6 is 22.6 Å². The SMILES string of the molecule is Cc1nn(CC(=O)Nc2cccc(I)c2)c(C)c1N. The minimum Gasteiger partial charge on any atom is -0.396 e. The fourth-order valence-electron chi connectivity index (χ4n) is 1.77. The number of hydrogen-bond donors (Lipinski definition) is 2. The molecule has 19 heavy (non-hydrogen) atoms. The molecule has 6 heteroatoms. The second kappa shape index (κ2) is 5.60. The Balaban J connectivity index is 2.07. The highest BCUT2D eigenvalue weighted by Crippen LogP contribution is 2.15. The first-order chi connectivity index (χ1) is 8.97. The molecule has 2 rings (SSSR count). The van der Waals surface area contributed by atoms with Gasteiger partial charge in [0.15, 0.2) is 0 Å². The van der Waals surface area contributed by atoms with Gasteiger partial charge >= 0.3 is 0 Å². The molecular formula is C13H15IN4O. The van der Waals surface area contributed by atoms with E-state index in [2.05, 4.69) is 33.0 Å². The molecule has 0 saturated carbocycles. The number of nitrogen functional groups attached to an aromatic ring is 1. The molecule has 0 bridgehead atoms. The predicted molar refractivity (Wildman–Crippen MR) is 83.9 cm³/mol. The van der Waals surface area contributed by atoms with Crippen LogP contribution in [-0.2, 0) is 11.3 Å². The summed E-state index contributed by atoms with van der Waals surface area (Å²) in [6.07, 6.45) is 0. The standard InChI is InChI=1S/C13H15IN4O/c1-8-13(15)9(2)18(17-8)7-12(19)16-11-5-3-4-10(14)6-11/h3-6H,7,15H2,1-2H3,(H,16,19). The lowest BCUT2D eigenvalue weighted by molar-refractivity contribution is -0.116. The van der Waals surface area contributed by atoms with Gasteiger partial charge in [0.05, 0.1) is 17.1 Å². The van der Waals surface area contributed by atoms with Crippen LogP contribution in [0.2, 0.25) is 0 Å². The Kier molecular flexibility index (Phi) is 4.08. The predicted octanol–water partition coefficient (Wildman–Crippen LogP) is 2.33. The number of nitrogens with one attached hydrogen (secondary N) is 1. The summed E-state index contributed by atoms with van der Waals surface area (Å²) in [4.78, 5) is 12.0. The van der Waals surface area contributed by atoms with E-state index in [0.717, 1.165) is 20.6 Å². The van der Waals surface area contributed by atoms with Crippen LogP contribution in [0.15, 0.2) is 24.3 Å². The highest BCUT2D eigenvalue weighted by Gasteiger charge is 2.11. The van der Waals surface area contributed by atoms with Gasteiger partial charge in [-0.1, -0.05) is 6.07 Å². The molecule has 1 aromatic carbocycles. The lowest BCUT2D eigenvalue weighted by atomic mass is 10.3. The lowest BCUT2D eigenvalue weighted by Gasteiger charge is -2.07. The van der Waals surface area contributed by atoms with Gasteiger partial charge in [-0.15, -0.1) is 0 Å². The summed E-state index contributed by atoms with van der Waals surface area (Å²) in [5, 5.41) is 7.08. The van der Waals surface area contributed by atoms with Crippen molar-refractivity contribution in [3.8, 4) is 0 Å². The zero-order valence-corrected chi connectivity index (χ0v) is 12.9. The Morgan fingerprint density at radius 1 is 1.47 bits per heavy atom. The van der Waals surface area contributed by atoms with E-state index in [1.165, 1.54) is 0 Å². The van der Waals surface area contributed by atoms with Crippen molar-refractivity contribution in [1.82, 2.24) is 9.78 Å². The summed E-state index contributed by atoms with van der Waals surface area (Å²) in [5.74, 6) is -0.118. The Labute approximate surface area is 125 Å². The molecule has 100 valence electrons. The molecule has 3 N–H and O–H groups in total. The van der Waals surface area contributed by atoms with Crippen LogP contribution in [0.4, 0.5) is 11.4 Å². The third-order valence-corrected chi connectivity index (χ3v) is 3.51. The second-order valence-corrected chi connectivity index (χ2v) is 5.55. The first-order valence-electron chi connectivity index (χ1n) is 5.82. The van der Waals surface area contributed by atoms with E-state index in [0.29, 0.717) is 5.69 Å². The molecule has 0 aliphatic rings. The maximum absolute atomic E-state index is 12.0. The number of carbonyl (C=O) groups is 1. The Morgan fingerprint density at radius 3 is 2.79 bits per heavy atom. The highest BCUT2D eigenvalue weighted by atomic mass is 127. The summed E-state index contributed by atoms with van der Waals surface area (Å²) >= 11 is 2.20. The van der Waals surface area contributed by atoms with Gasteiger partial charge in [-0.3, -0.25) is 9.48 Å². The highest BCUT2D eigenvalue weighted by molar-refractivity contribution is 14.1. The molecule has 0 atom stereocenters. The molecule has 0 fully saturated rings. The van der Waals surface area contributed by atoms with Crippen LogP contribution in [0, 0.1) is 17.4 Å². The zero-order chi connectivity index (χ0) is 14.0. The van der Waals surface area contributed by atoms with Crippen molar-refractivity contribution in [2.45, 2.75) is 20.4 Å². The average molecular weight is 370 g/mol. The third kappa shape index (κ3) is 3.25. The number of amides is 1. The number of nitrogens with two attached hydrogens (primary N) is 1. The summed E-state index contributed by atoms with van der Waals surface area (Å²) in [6, 6.07) is 7.64. The minimum atomic E-state index is -0.118. The topological polar surface area (TPSA) is 72.9 Å². The van der Waals surface area contributed by atoms with Crippen LogP contribution in [0.5, 0.6) is 0 Å². The van der Waals surface area contributed by atoms with Gasteiger partial charge in [-0.25, -0.2) is 0 Å². The van der Waals surface area contributed by atoms with Crippen LogP contribution in [0.1, 0.15) is 11.4 Å². The van der Waals surface area contributed by atoms with Crippen LogP contribution in [0.3, 0.4) is 0 Å². The number of benzene rings is 1. The van der Waals surface area contributed by atoms with E-state index in [-0.39, 0.29) is 12.5 Å². The van der Waals surface area contributed by atoms with Crippen LogP contribution in [-0.4, -0.2) is 15.7 Å². The maximum Gasteiger partial charge on any atom is 0.246 e. The minimum absolute atomic E-state index is 0.118. The molecule has 0 saturated heterocycles. The van der Waals surface area contributed by atoms with E-state index in [1.807, 2.05) is 38.1 Å². The molecule has 0 spiro atoms. The Bertz CT molecular complexity index is 621. The number of nitrogens with zero attached hydrogens (tertiary/aromatic N) is 2. The third-order valence-electron chi connectivity index (χ3n) is 2.84. The van der Waals surface area contributed by atoms with E-state index in [1.54, 1.807) is 4.68 Å². The van der Waals surface area contributed by atoms with Gasteiger partial charge in [0.25, 0.3) is 0 Å². The van der Waals surface area contributed by atoms with Gasteiger partial charge in [-0.05, 0) is 54.6 Å². The van der Waals surface area contributed by atoms with E-state index in [4.69, 9.17) is 5.73 Å². The Hall–Kier alpha value is -1.57. The molecule has 0 aliphatic carbocycles. The molecule has 1 aromatic heterocycles. The molecule has 0 aliphatic heterocycles. The van der Waals surface area contributed by atoms with Gasteiger partial charge in [-0.2, -0.15) is 5.10 Å². The fourth-order valence-corrected chi connectivity index (χ4v) is 2.31. The zero-order valence-electron chi connectivity index (χ0n) is 10.8. The summed E-state index contributed by atoms with van der Waals surface area (Å²) in [7, 11) is 0. The van der Waals surface area contributed by atoms with Gasteiger partial charge in [0, 0.05) is 9.26 Å². The second-order valence-electron chi connectivity index (χ2n) is 4.30. The first-order valence-corrected chi connectivity index (χ1v) is 6.90. The molecule has 1 amide bonds. The van der Waals surface area contributed by atoms with Crippen molar-refractivity contribution in [3.63, 3.8) is 0 Å². The number of rotatable bonds is 3. The van der Waals surface area contributed by atoms with Crippen molar-refractivity contribution < 1.29 is 4.79 Å². The van der Waals surface area contributed by atoms with Crippen LogP contribution in [0.25, 0.3) is 0 Å². The number of carbonyl (C=O) groups excluding carboxylic acids is 1. The maximum atomic E-state index is 12.0. The monoisotopic (exact) mass is 370 g/mol. The summed E-state index contributed by atoms with van der Waals surface area (Å²) in [6.45, 7) is 3.85. The molecule has 5 nitrogen and oxygen atoms in total. The molecule has 0 radical (unpaired) electrons. The van der Waals surface area contributed by atoms with Gasteiger partial charge in [0.1, 0.15) is 6.54 Å². The largest absolute Gasteiger partial charge is 0.396 e. The van der Waals surface area contributed by atoms with Gasteiger partial charge in [0.2, 0.25) is 5.91 Å². The van der Waals surface area contributed by atoms with E-state index < -0.39 is 0 Å². The molecular weight excluding hydrogens is 355 g/mol. The molecule has 0 unspecified atom stereocenters. The first kappa shape index (κ1) is 13.9. The van der Waals surface area contributed by atoms with Crippen molar-refractivity contribution >= 4 is 39.9 Å². The van der Waals surface area contributed by atoms with Crippen molar-refractivity contribution in [1.29, 1.82) is 0 Å². The van der Waals surface area contributed by atoms with Crippen molar-refractivity contribution in [2.75, 3.05) is 11.1 Å².